The van der Waals surface area contributed by atoms with Gasteiger partial charge in [0.15, 0.2) is 0 Å². The summed E-state index contributed by atoms with van der Waals surface area (Å²) >= 11 is 5.81. The van der Waals surface area contributed by atoms with Crippen molar-refractivity contribution in [3.63, 3.8) is 0 Å². The summed E-state index contributed by atoms with van der Waals surface area (Å²) in [6.45, 7) is 1.41. The van der Waals surface area contributed by atoms with Crippen molar-refractivity contribution in [3.05, 3.63) is 32.8 Å². The van der Waals surface area contributed by atoms with Crippen LogP contribution in [0.3, 0.4) is 0 Å². The van der Waals surface area contributed by atoms with Gasteiger partial charge in [-0.25, -0.2) is 0 Å². The molecule has 0 saturated carbocycles. The number of nitro groups is 1. The number of amides is 1. The van der Waals surface area contributed by atoms with Gasteiger partial charge in [0.1, 0.15) is 0 Å². The molecule has 0 aromatic heterocycles. The summed E-state index contributed by atoms with van der Waals surface area (Å²) in [6.07, 6.45) is 1.75. The second kappa shape index (κ2) is 7.80. The van der Waals surface area contributed by atoms with Crippen LogP contribution in [0.2, 0.25) is 5.02 Å². The van der Waals surface area contributed by atoms with E-state index in [1.165, 1.54) is 0 Å². The predicted octanol–water partition coefficient (Wildman–Crippen LogP) is 1.90. The Hall–Kier alpha value is -1.86. The van der Waals surface area contributed by atoms with E-state index in [9.17, 15) is 14.9 Å². The minimum absolute atomic E-state index is 0.00181. The van der Waals surface area contributed by atoms with Crippen LogP contribution in [0.15, 0.2) is 12.1 Å². The Morgan fingerprint density at radius 2 is 2.10 bits per heavy atom. The van der Waals surface area contributed by atoms with Crippen LogP contribution in [0.5, 0.6) is 0 Å². The van der Waals surface area contributed by atoms with Crippen LogP contribution in [0.25, 0.3) is 0 Å². The Bertz CT molecular complexity index is 534. The number of nitrogens with zero attached hydrogens (tertiary/aromatic N) is 2. The summed E-state index contributed by atoms with van der Waals surface area (Å²) in [5, 5.41) is 13.5. The van der Waals surface area contributed by atoms with Gasteiger partial charge in [-0.2, -0.15) is 0 Å². The zero-order valence-electron chi connectivity index (χ0n) is 12.1. The van der Waals surface area contributed by atoms with Gasteiger partial charge >= 0.3 is 0 Å². The van der Waals surface area contributed by atoms with Gasteiger partial charge in [-0.15, -0.1) is 0 Å². The molecule has 1 aromatic rings. The first kappa shape index (κ1) is 17.2. The van der Waals surface area contributed by atoms with Crippen molar-refractivity contribution in [2.45, 2.75) is 12.8 Å². The third-order valence-corrected chi connectivity index (χ3v) is 3.20. The molecule has 0 fully saturated rings. The number of carbonyl (C=O) groups excluding carboxylic acids is 1. The van der Waals surface area contributed by atoms with Gasteiger partial charge in [0.25, 0.3) is 11.6 Å². The zero-order chi connectivity index (χ0) is 16.0. The Labute approximate surface area is 128 Å². The topological polar surface area (TPSA) is 102 Å². The average Bonchev–Trinajstić information content (AvgIpc) is 2.40. The van der Waals surface area contributed by atoms with Gasteiger partial charge in [-0.3, -0.25) is 14.9 Å². The number of nitro benzene ring substituents is 1. The smallest absolute Gasteiger partial charge is 0.271 e. The molecule has 3 N–H and O–H groups in total. The molecule has 116 valence electrons. The van der Waals surface area contributed by atoms with E-state index in [-0.39, 0.29) is 22.0 Å². The Kier molecular flexibility index (Phi) is 6.39. The molecule has 0 spiro atoms. The molecule has 1 amide bonds. The number of hydrogen-bond donors (Lipinski definition) is 2. The van der Waals surface area contributed by atoms with Crippen molar-refractivity contribution in [3.8, 4) is 0 Å². The molecule has 0 unspecified atom stereocenters. The predicted molar refractivity (Wildman–Crippen MR) is 82.6 cm³/mol. The fraction of sp³-hybridized carbons (Fsp3) is 0.462. The van der Waals surface area contributed by atoms with E-state index in [0.29, 0.717) is 6.54 Å². The fourth-order valence-electron chi connectivity index (χ4n) is 1.75. The van der Waals surface area contributed by atoms with Crippen molar-refractivity contribution in [1.29, 1.82) is 0 Å². The van der Waals surface area contributed by atoms with E-state index < -0.39 is 10.8 Å². The minimum Gasteiger partial charge on any atom is -0.397 e. The molecule has 0 aliphatic carbocycles. The van der Waals surface area contributed by atoms with E-state index in [1.54, 1.807) is 0 Å². The Morgan fingerprint density at radius 1 is 1.43 bits per heavy atom. The number of rotatable bonds is 7. The number of benzene rings is 1. The maximum atomic E-state index is 12.0. The normalized spacial score (nSPS) is 10.7. The van der Waals surface area contributed by atoms with Crippen molar-refractivity contribution < 1.29 is 9.72 Å². The van der Waals surface area contributed by atoms with Crippen molar-refractivity contribution >= 4 is 28.9 Å². The SMILES string of the molecule is CN(C)CCCCNC(=O)c1cc([N+](=O)[O-])cc(Cl)c1N. The van der Waals surface area contributed by atoms with Crippen molar-refractivity contribution in [2.24, 2.45) is 0 Å². The number of halogens is 1. The number of anilines is 1. The maximum absolute atomic E-state index is 12.0. The second-order valence-electron chi connectivity index (χ2n) is 4.91. The van der Waals surface area contributed by atoms with Gasteiger partial charge in [-0.05, 0) is 33.5 Å². The first-order valence-electron chi connectivity index (χ1n) is 6.49. The summed E-state index contributed by atoms with van der Waals surface area (Å²) in [6, 6.07) is 2.26. The van der Waals surface area contributed by atoms with Crippen LogP contribution in [0.1, 0.15) is 23.2 Å². The maximum Gasteiger partial charge on any atom is 0.271 e. The summed E-state index contributed by atoms with van der Waals surface area (Å²) in [5.41, 5.74) is 5.52. The number of nitrogens with one attached hydrogen (secondary N) is 1. The Morgan fingerprint density at radius 3 is 2.67 bits per heavy atom. The van der Waals surface area contributed by atoms with Gasteiger partial charge in [0, 0.05) is 18.7 Å². The quantitative estimate of drug-likeness (QED) is 0.346. The highest BCUT2D eigenvalue weighted by Crippen LogP contribution is 2.28. The molecular formula is C13H19ClN4O3. The fourth-order valence-corrected chi connectivity index (χ4v) is 1.96. The molecule has 21 heavy (non-hydrogen) atoms. The van der Waals surface area contributed by atoms with Crippen LogP contribution >= 0.6 is 11.6 Å². The van der Waals surface area contributed by atoms with Crippen LogP contribution in [0.4, 0.5) is 11.4 Å². The minimum atomic E-state index is -0.612. The number of unbranched alkanes of at least 4 members (excludes halogenated alkanes) is 1. The van der Waals surface area contributed by atoms with Crippen molar-refractivity contribution in [2.75, 3.05) is 32.9 Å². The van der Waals surface area contributed by atoms with E-state index in [2.05, 4.69) is 10.2 Å². The monoisotopic (exact) mass is 314 g/mol. The molecule has 0 saturated heterocycles. The number of carbonyl (C=O) groups is 1. The number of non-ortho nitro benzene ring substituents is 1. The van der Waals surface area contributed by atoms with Crippen LogP contribution in [-0.2, 0) is 0 Å². The molecule has 0 radical (unpaired) electrons. The lowest BCUT2D eigenvalue weighted by Crippen LogP contribution is -2.26. The first-order chi connectivity index (χ1) is 9.82. The molecular weight excluding hydrogens is 296 g/mol. The Balaban J connectivity index is 2.67. The summed E-state index contributed by atoms with van der Waals surface area (Å²) in [7, 11) is 3.95. The number of nitrogens with two attached hydrogens (primary N) is 1. The van der Waals surface area contributed by atoms with E-state index in [4.69, 9.17) is 17.3 Å². The standard InChI is InChI=1S/C13H19ClN4O3/c1-17(2)6-4-3-5-16-13(19)10-7-9(18(20)21)8-11(14)12(10)15/h7-8H,3-6,15H2,1-2H3,(H,16,19). The largest absolute Gasteiger partial charge is 0.397 e. The molecule has 8 heteroatoms. The molecule has 1 rings (SSSR count). The van der Waals surface area contributed by atoms with Gasteiger partial charge in [-0.1, -0.05) is 11.6 Å². The second-order valence-corrected chi connectivity index (χ2v) is 5.32. The summed E-state index contributed by atoms with van der Waals surface area (Å²) in [5.74, 6) is -0.456. The molecule has 1 aromatic carbocycles. The molecule has 0 aliphatic heterocycles. The zero-order valence-corrected chi connectivity index (χ0v) is 12.8. The molecule has 0 bridgehead atoms. The van der Waals surface area contributed by atoms with Gasteiger partial charge in [0.2, 0.25) is 0 Å². The summed E-state index contributed by atoms with van der Waals surface area (Å²) in [4.78, 5) is 24.2. The lowest BCUT2D eigenvalue weighted by Gasteiger charge is -2.10. The summed E-state index contributed by atoms with van der Waals surface area (Å²) < 4.78 is 0. The highest BCUT2D eigenvalue weighted by molar-refractivity contribution is 6.34. The number of nitrogen functional groups attached to an aromatic ring is 1. The van der Waals surface area contributed by atoms with Crippen molar-refractivity contribution in [1.82, 2.24) is 10.2 Å². The van der Waals surface area contributed by atoms with Gasteiger partial charge in [0.05, 0.1) is 21.2 Å². The third-order valence-electron chi connectivity index (χ3n) is 2.89. The highest BCUT2D eigenvalue weighted by atomic mass is 35.5. The average molecular weight is 315 g/mol. The first-order valence-corrected chi connectivity index (χ1v) is 6.87. The molecule has 0 heterocycles. The lowest BCUT2D eigenvalue weighted by molar-refractivity contribution is -0.384. The van der Waals surface area contributed by atoms with Gasteiger partial charge < -0.3 is 16.0 Å². The third kappa shape index (κ3) is 5.20. The highest BCUT2D eigenvalue weighted by Gasteiger charge is 2.18. The molecule has 0 atom stereocenters. The molecule has 0 aliphatic rings. The lowest BCUT2D eigenvalue weighted by atomic mass is 10.1. The van der Waals surface area contributed by atoms with Crippen LogP contribution in [0, 0.1) is 10.1 Å². The number of hydrogen-bond acceptors (Lipinski definition) is 5. The van der Waals surface area contributed by atoms with Crippen LogP contribution < -0.4 is 11.1 Å². The van der Waals surface area contributed by atoms with E-state index in [0.717, 1.165) is 31.5 Å². The molecule has 7 nitrogen and oxygen atoms in total. The van der Waals surface area contributed by atoms with E-state index in [1.807, 2.05) is 14.1 Å². The van der Waals surface area contributed by atoms with E-state index >= 15 is 0 Å². The van der Waals surface area contributed by atoms with Crippen LogP contribution in [-0.4, -0.2) is 42.9 Å².